The van der Waals surface area contributed by atoms with Crippen molar-refractivity contribution in [2.45, 2.75) is 44.4 Å². The van der Waals surface area contributed by atoms with Gasteiger partial charge < -0.3 is 5.32 Å². The number of halogens is 1. The highest BCUT2D eigenvalue weighted by Crippen LogP contribution is 2.45. The molecule has 0 bridgehead atoms. The number of amides is 1. The standard InChI is InChI=1S/C18H18N6OS.ClH/c1-10-17(26-23-21-10)18(25)20-13-6-7-16(19-9-13)24-15(12-4-5-12)8-14(22-24)11-2-3-11;/h6-9,11-12H,2-5H2,1H3,(H,20,25);1H. The van der Waals surface area contributed by atoms with Crippen LogP contribution in [0.2, 0.25) is 0 Å². The second-order valence-corrected chi connectivity index (χ2v) is 7.76. The Balaban J connectivity index is 0.00000180. The van der Waals surface area contributed by atoms with E-state index in [9.17, 15) is 4.79 Å². The number of anilines is 1. The number of nitrogens with zero attached hydrogens (tertiary/aromatic N) is 5. The number of pyridine rings is 1. The molecule has 2 saturated carbocycles. The molecular formula is C18H19ClN6OS. The Morgan fingerprint density at radius 1 is 1.22 bits per heavy atom. The van der Waals surface area contributed by atoms with E-state index in [1.807, 2.05) is 16.8 Å². The van der Waals surface area contributed by atoms with Gasteiger partial charge in [0.1, 0.15) is 4.88 Å². The van der Waals surface area contributed by atoms with Gasteiger partial charge in [0.05, 0.1) is 23.3 Å². The van der Waals surface area contributed by atoms with E-state index in [1.165, 1.54) is 37.1 Å². The van der Waals surface area contributed by atoms with E-state index in [0.29, 0.717) is 28.1 Å². The lowest BCUT2D eigenvalue weighted by molar-refractivity contribution is 0.103. The average molecular weight is 403 g/mol. The number of aromatic nitrogens is 5. The van der Waals surface area contributed by atoms with E-state index in [1.54, 1.807) is 13.1 Å². The van der Waals surface area contributed by atoms with Crippen LogP contribution in [0.4, 0.5) is 5.69 Å². The zero-order valence-electron chi connectivity index (χ0n) is 14.8. The molecule has 7 nitrogen and oxygen atoms in total. The third-order valence-corrected chi connectivity index (χ3v) is 5.65. The van der Waals surface area contributed by atoms with Crippen molar-refractivity contribution in [3.8, 4) is 5.82 Å². The monoisotopic (exact) mass is 402 g/mol. The molecule has 0 aliphatic heterocycles. The molecule has 1 N–H and O–H groups in total. The number of carbonyl (C=O) groups is 1. The lowest BCUT2D eigenvalue weighted by Gasteiger charge is -2.07. The fourth-order valence-electron chi connectivity index (χ4n) is 3.06. The fraction of sp³-hybridized carbons (Fsp3) is 0.389. The number of carbonyl (C=O) groups excluding carboxylic acids is 1. The summed E-state index contributed by atoms with van der Waals surface area (Å²) in [5, 5.41) is 11.5. The minimum atomic E-state index is -0.208. The predicted molar refractivity (Wildman–Crippen MR) is 105 cm³/mol. The Bertz CT molecular complexity index is 974. The van der Waals surface area contributed by atoms with E-state index in [4.69, 9.17) is 5.10 Å². The van der Waals surface area contributed by atoms with Gasteiger partial charge in [0, 0.05) is 17.5 Å². The lowest BCUT2D eigenvalue weighted by Crippen LogP contribution is -2.12. The number of rotatable bonds is 5. The maximum Gasteiger partial charge on any atom is 0.269 e. The van der Waals surface area contributed by atoms with Crippen LogP contribution in [0.15, 0.2) is 24.4 Å². The topological polar surface area (TPSA) is 85.6 Å². The van der Waals surface area contributed by atoms with E-state index < -0.39 is 0 Å². The Hall–Kier alpha value is -2.32. The summed E-state index contributed by atoms with van der Waals surface area (Å²) in [7, 11) is 0. The average Bonchev–Trinajstić information content (AvgIpc) is 3.58. The molecule has 3 aromatic rings. The van der Waals surface area contributed by atoms with Crippen molar-refractivity contribution in [2.75, 3.05) is 5.32 Å². The summed E-state index contributed by atoms with van der Waals surface area (Å²) in [5.74, 6) is 1.83. The van der Waals surface area contributed by atoms with Crippen LogP contribution in [-0.2, 0) is 0 Å². The predicted octanol–water partition coefficient (Wildman–Crippen LogP) is 3.86. The summed E-state index contributed by atoms with van der Waals surface area (Å²) in [6.45, 7) is 1.77. The number of hydrogen-bond donors (Lipinski definition) is 1. The van der Waals surface area contributed by atoms with Gasteiger partial charge in [-0.2, -0.15) is 5.10 Å². The van der Waals surface area contributed by atoms with Gasteiger partial charge in [0.25, 0.3) is 5.91 Å². The molecule has 27 heavy (non-hydrogen) atoms. The van der Waals surface area contributed by atoms with Crippen molar-refractivity contribution < 1.29 is 4.79 Å². The maximum atomic E-state index is 12.3. The Kier molecular flexibility index (Phi) is 4.69. The first-order chi connectivity index (χ1) is 12.7. The van der Waals surface area contributed by atoms with E-state index in [2.05, 4.69) is 26.0 Å². The van der Waals surface area contributed by atoms with Crippen molar-refractivity contribution >= 4 is 35.5 Å². The third kappa shape index (κ3) is 3.59. The molecule has 5 rings (SSSR count). The highest BCUT2D eigenvalue weighted by Gasteiger charge is 2.33. The SMILES string of the molecule is Cc1nnsc1C(=O)Nc1ccc(-n2nc(C3CC3)cc2C2CC2)nc1.Cl. The molecule has 0 saturated heterocycles. The zero-order valence-corrected chi connectivity index (χ0v) is 16.4. The summed E-state index contributed by atoms with van der Waals surface area (Å²) in [5.41, 5.74) is 3.74. The van der Waals surface area contributed by atoms with Crippen LogP contribution >= 0.6 is 23.9 Å². The van der Waals surface area contributed by atoms with Gasteiger partial charge in [0.2, 0.25) is 0 Å². The molecule has 140 valence electrons. The van der Waals surface area contributed by atoms with Crippen LogP contribution < -0.4 is 5.32 Å². The van der Waals surface area contributed by atoms with Crippen molar-refractivity contribution in [1.29, 1.82) is 0 Å². The van der Waals surface area contributed by atoms with Gasteiger partial charge in [-0.1, -0.05) is 4.49 Å². The minimum Gasteiger partial charge on any atom is -0.320 e. The first-order valence-corrected chi connectivity index (χ1v) is 9.63. The normalized spacial score (nSPS) is 16.0. The van der Waals surface area contributed by atoms with Crippen LogP contribution in [0.25, 0.3) is 5.82 Å². The van der Waals surface area contributed by atoms with Crippen LogP contribution in [-0.4, -0.2) is 30.3 Å². The molecule has 0 atom stereocenters. The second-order valence-electron chi connectivity index (χ2n) is 7.00. The molecule has 0 unspecified atom stereocenters. The van der Waals surface area contributed by atoms with Crippen molar-refractivity contribution in [3.63, 3.8) is 0 Å². The van der Waals surface area contributed by atoms with Gasteiger partial charge in [-0.3, -0.25) is 4.79 Å². The van der Waals surface area contributed by atoms with Crippen LogP contribution in [0.1, 0.15) is 64.3 Å². The molecule has 3 heterocycles. The number of aryl methyl sites for hydroxylation is 1. The van der Waals surface area contributed by atoms with Gasteiger partial charge in [-0.05, 0) is 62.3 Å². The minimum absolute atomic E-state index is 0. The Morgan fingerprint density at radius 3 is 2.59 bits per heavy atom. The van der Waals surface area contributed by atoms with Crippen molar-refractivity contribution in [1.82, 2.24) is 24.4 Å². The molecule has 2 aliphatic carbocycles. The molecule has 2 aliphatic rings. The first kappa shape index (κ1) is 18.1. The molecule has 3 aromatic heterocycles. The van der Waals surface area contributed by atoms with Gasteiger partial charge in [-0.25, -0.2) is 9.67 Å². The highest BCUT2D eigenvalue weighted by atomic mass is 35.5. The van der Waals surface area contributed by atoms with E-state index in [-0.39, 0.29) is 18.3 Å². The van der Waals surface area contributed by atoms with Gasteiger partial charge >= 0.3 is 0 Å². The molecule has 0 radical (unpaired) electrons. The lowest BCUT2D eigenvalue weighted by atomic mass is 10.2. The first-order valence-electron chi connectivity index (χ1n) is 8.85. The summed E-state index contributed by atoms with van der Waals surface area (Å²) >= 11 is 1.09. The summed E-state index contributed by atoms with van der Waals surface area (Å²) < 4.78 is 5.78. The van der Waals surface area contributed by atoms with Crippen LogP contribution in [0.5, 0.6) is 0 Å². The number of hydrogen-bond acceptors (Lipinski definition) is 6. The van der Waals surface area contributed by atoms with E-state index in [0.717, 1.165) is 17.4 Å². The molecule has 0 aromatic carbocycles. The Morgan fingerprint density at radius 2 is 2.00 bits per heavy atom. The largest absolute Gasteiger partial charge is 0.320 e. The summed E-state index contributed by atoms with van der Waals surface area (Å²) in [6, 6.07) is 6.02. The quantitative estimate of drug-likeness (QED) is 0.700. The zero-order chi connectivity index (χ0) is 17.7. The number of nitrogens with one attached hydrogen (secondary N) is 1. The van der Waals surface area contributed by atoms with Crippen LogP contribution in [0, 0.1) is 6.92 Å². The van der Waals surface area contributed by atoms with Crippen molar-refractivity contribution in [2.24, 2.45) is 0 Å². The fourth-order valence-corrected chi connectivity index (χ4v) is 3.61. The smallest absolute Gasteiger partial charge is 0.269 e. The molecule has 2 fully saturated rings. The van der Waals surface area contributed by atoms with Gasteiger partial charge in [0.15, 0.2) is 5.82 Å². The Labute approximate surface area is 166 Å². The van der Waals surface area contributed by atoms with Crippen LogP contribution in [0.3, 0.4) is 0 Å². The molecular weight excluding hydrogens is 384 g/mol. The molecule has 9 heteroatoms. The molecule has 0 spiro atoms. The van der Waals surface area contributed by atoms with Crippen molar-refractivity contribution in [3.05, 3.63) is 46.4 Å². The summed E-state index contributed by atoms with van der Waals surface area (Å²) in [4.78, 5) is 17.3. The van der Waals surface area contributed by atoms with E-state index >= 15 is 0 Å². The van der Waals surface area contributed by atoms with Gasteiger partial charge in [-0.15, -0.1) is 17.5 Å². The third-order valence-electron chi connectivity index (χ3n) is 4.83. The summed E-state index contributed by atoms with van der Waals surface area (Å²) in [6.07, 6.45) is 6.61. The second kappa shape index (κ2) is 7.01. The molecule has 1 amide bonds. The highest BCUT2D eigenvalue weighted by molar-refractivity contribution is 7.08. The maximum absolute atomic E-state index is 12.3.